The van der Waals surface area contributed by atoms with Gasteiger partial charge in [-0.3, -0.25) is 14.9 Å². The summed E-state index contributed by atoms with van der Waals surface area (Å²) in [6.07, 6.45) is 0. The van der Waals surface area contributed by atoms with Crippen molar-refractivity contribution in [3.63, 3.8) is 0 Å². The van der Waals surface area contributed by atoms with Gasteiger partial charge in [0.1, 0.15) is 0 Å². The second kappa shape index (κ2) is 9.10. The lowest BCUT2D eigenvalue weighted by Gasteiger charge is -2.18. The minimum absolute atomic E-state index is 0.00289. The van der Waals surface area contributed by atoms with Gasteiger partial charge in [0.2, 0.25) is 0 Å². The molecule has 0 aromatic heterocycles. The Morgan fingerprint density at radius 3 is 2.23 bits per heavy atom. The van der Waals surface area contributed by atoms with E-state index < -0.39 is 0 Å². The number of aryl methyl sites for hydroxylation is 1. The number of carbonyl (C=O) groups excluding carboxylic acids is 2. The van der Waals surface area contributed by atoms with Crippen molar-refractivity contribution in [2.24, 2.45) is 0 Å². The fraction of sp³-hybridized carbons (Fsp3) is 0.250. The van der Waals surface area contributed by atoms with Crippen LogP contribution in [0.2, 0.25) is 0 Å². The molecule has 0 fully saturated rings. The van der Waals surface area contributed by atoms with Crippen LogP contribution in [0.5, 0.6) is 0 Å². The number of anilines is 1. The molecular weight excluding hydrogens is 346 g/mol. The maximum absolute atomic E-state index is 12.3. The van der Waals surface area contributed by atoms with Crippen molar-refractivity contribution < 1.29 is 9.59 Å². The third-order valence-electron chi connectivity index (χ3n) is 3.95. The van der Waals surface area contributed by atoms with Crippen LogP contribution in [-0.4, -0.2) is 34.9 Å². The van der Waals surface area contributed by atoms with Crippen molar-refractivity contribution in [3.8, 4) is 0 Å². The molecular formula is C20H23N3O2S. The van der Waals surface area contributed by atoms with Crippen LogP contribution in [0, 0.1) is 6.92 Å². The Morgan fingerprint density at radius 1 is 1.00 bits per heavy atom. The van der Waals surface area contributed by atoms with Crippen LogP contribution >= 0.6 is 12.2 Å². The number of carbonyl (C=O) groups is 2. The van der Waals surface area contributed by atoms with E-state index in [2.05, 4.69) is 10.6 Å². The van der Waals surface area contributed by atoms with Crippen molar-refractivity contribution in [1.29, 1.82) is 0 Å². The molecule has 0 spiro atoms. The number of amides is 2. The van der Waals surface area contributed by atoms with E-state index >= 15 is 0 Å². The largest absolute Gasteiger partial charge is 0.339 e. The zero-order valence-corrected chi connectivity index (χ0v) is 16.0. The van der Waals surface area contributed by atoms with E-state index in [0.29, 0.717) is 29.9 Å². The van der Waals surface area contributed by atoms with E-state index in [0.717, 1.165) is 5.56 Å². The highest BCUT2D eigenvalue weighted by atomic mass is 32.1. The summed E-state index contributed by atoms with van der Waals surface area (Å²) in [5, 5.41) is 5.81. The predicted molar refractivity (Wildman–Crippen MR) is 109 cm³/mol. The Balaban J connectivity index is 1.97. The fourth-order valence-corrected chi connectivity index (χ4v) is 2.72. The van der Waals surface area contributed by atoms with Crippen molar-refractivity contribution in [1.82, 2.24) is 10.2 Å². The molecule has 2 aromatic rings. The zero-order valence-electron chi connectivity index (χ0n) is 15.2. The summed E-state index contributed by atoms with van der Waals surface area (Å²) in [5.74, 6) is -0.267. The lowest BCUT2D eigenvalue weighted by atomic mass is 10.1. The molecule has 2 N–H and O–H groups in total. The highest BCUT2D eigenvalue weighted by molar-refractivity contribution is 7.80. The molecule has 0 bridgehead atoms. The van der Waals surface area contributed by atoms with Crippen LogP contribution in [0.15, 0.2) is 48.5 Å². The first kappa shape index (κ1) is 19.6. The van der Waals surface area contributed by atoms with Crippen LogP contribution in [0.4, 0.5) is 5.69 Å². The Morgan fingerprint density at radius 2 is 1.65 bits per heavy atom. The Labute approximate surface area is 159 Å². The van der Waals surface area contributed by atoms with Crippen LogP contribution in [0.1, 0.15) is 40.1 Å². The second-order valence-electron chi connectivity index (χ2n) is 5.83. The minimum atomic E-state index is -0.264. The number of benzene rings is 2. The summed E-state index contributed by atoms with van der Waals surface area (Å²) >= 11 is 5.19. The second-order valence-corrected chi connectivity index (χ2v) is 6.24. The summed E-state index contributed by atoms with van der Waals surface area (Å²) in [6.45, 7) is 7.17. The fourth-order valence-electron chi connectivity index (χ4n) is 2.51. The van der Waals surface area contributed by atoms with Gasteiger partial charge in [0, 0.05) is 29.9 Å². The molecule has 0 aliphatic heterocycles. The first-order valence-electron chi connectivity index (χ1n) is 8.53. The number of thiocarbonyl (C=S) groups is 1. The summed E-state index contributed by atoms with van der Waals surface area (Å²) < 4.78 is 0. The van der Waals surface area contributed by atoms with E-state index in [1.807, 2.05) is 32.9 Å². The van der Waals surface area contributed by atoms with Gasteiger partial charge in [-0.05, 0) is 69.4 Å². The summed E-state index contributed by atoms with van der Waals surface area (Å²) in [4.78, 5) is 26.2. The summed E-state index contributed by atoms with van der Waals surface area (Å²) in [5.41, 5.74) is 2.88. The molecule has 6 heteroatoms. The van der Waals surface area contributed by atoms with Gasteiger partial charge in [0.05, 0.1) is 0 Å². The minimum Gasteiger partial charge on any atom is -0.339 e. The summed E-state index contributed by atoms with van der Waals surface area (Å²) in [7, 11) is 0. The lowest BCUT2D eigenvalue weighted by Crippen LogP contribution is -2.34. The first-order valence-corrected chi connectivity index (χ1v) is 8.93. The van der Waals surface area contributed by atoms with Gasteiger partial charge in [-0.15, -0.1) is 0 Å². The van der Waals surface area contributed by atoms with Crippen molar-refractivity contribution in [2.45, 2.75) is 20.8 Å². The van der Waals surface area contributed by atoms with Crippen molar-refractivity contribution in [3.05, 3.63) is 65.2 Å². The van der Waals surface area contributed by atoms with Gasteiger partial charge in [0.25, 0.3) is 11.8 Å². The van der Waals surface area contributed by atoms with Crippen LogP contribution in [-0.2, 0) is 0 Å². The van der Waals surface area contributed by atoms with E-state index in [-0.39, 0.29) is 16.9 Å². The molecule has 2 amide bonds. The van der Waals surface area contributed by atoms with Crippen molar-refractivity contribution in [2.75, 3.05) is 18.4 Å². The number of rotatable bonds is 5. The SMILES string of the molecule is CCN(CC)C(=O)c1ccc(NC(=S)NC(=O)c2cccc(C)c2)cc1. The zero-order chi connectivity index (χ0) is 19.1. The maximum Gasteiger partial charge on any atom is 0.257 e. The lowest BCUT2D eigenvalue weighted by molar-refractivity contribution is 0.0772. The monoisotopic (exact) mass is 369 g/mol. The molecule has 2 rings (SSSR count). The van der Waals surface area contributed by atoms with Gasteiger partial charge in [-0.25, -0.2) is 0 Å². The molecule has 26 heavy (non-hydrogen) atoms. The molecule has 0 saturated heterocycles. The standard InChI is InChI=1S/C20H23N3O2S/c1-4-23(5-2)19(25)15-9-11-17(12-10-15)21-20(26)22-18(24)16-8-6-7-14(3)13-16/h6-13H,4-5H2,1-3H3,(H2,21,22,24,26). The Bertz CT molecular complexity index is 799. The third kappa shape index (κ3) is 5.13. The van der Waals surface area contributed by atoms with E-state index in [1.54, 1.807) is 41.3 Å². The Hall–Kier alpha value is -2.73. The maximum atomic E-state index is 12.3. The van der Waals surface area contributed by atoms with Crippen LogP contribution < -0.4 is 10.6 Å². The third-order valence-corrected chi connectivity index (χ3v) is 4.15. The first-order chi connectivity index (χ1) is 12.4. The molecule has 0 radical (unpaired) electrons. The van der Waals surface area contributed by atoms with Crippen LogP contribution in [0.3, 0.4) is 0 Å². The van der Waals surface area contributed by atoms with Gasteiger partial charge < -0.3 is 10.2 Å². The average molecular weight is 369 g/mol. The molecule has 5 nitrogen and oxygen atoms in total. The van der Waals surface area contributed by atoms with Gasteiger partial charge in [-0.1, -0.05) is 17.7 Å². The number of nitrogens with one attached hydrogen (secondary N) is 2. The van der Waals surface area contributed by atoms with Gasteiger partial charge in [0.15, 0.2) is 5.11 Å². The quantitative estimate of drug-likeness (QED) is 0.791. The van der Waals surface area contributed by atoms with Gasteiger partial charge in [-0.2, -0.15) is 0 Å². The summed E-state index contributed by atoms with van der Waals surface area (Å²) in [6, 6.07) is 14.3. The molecule has 0 heterocycles. The predicted octanol–water partition coefficient (Wildman–Crippen LogP) is 3.60. The molecule has 0 saturated carbocycles. The van der Waals surface area contributed by atoms with Crippen LogP contribution in [0.25, 0.3) is 0 Å². The van der Waals surface area contributed by atoms with E-state index in [1.165, 1.54) is 0 Å². The molecule has 0 aliphatic rings. The van der Waals surface area contributed by atoms with E-state index in [4.69, 9.17) is 12.2 Å². The number of nitrogens with zero attached hydrogens (tertiary/aromatic N) is 1. The topological polar surface area (TPSA) is 61.4 Å². The normalized spacial score (nSPS) is 10.1. The Kier molecular flexibility index (Phi) is 6.86. The number of hydrogen-bond acceptors (Lipinski definition) is 3. The molecule has 0 unspecified atom stereocenters. The smallest absolute Gasteiger partial charge is 0.257 e. The number of hydrogen-bond donors (Lipinski definition) is 2. The molecule has 136 valence electrons. The molecule has 2 aromatic carbocycles. The van der Waals surface area contributed by atoms with E-state index in [9.17, 15) is 9.59 Å². The van der Waals surface area contributed by atoms with Crippen molar-refractivity contribution >= 4 is 34.8 Å². The van der Waals surface area contributed by atoms with Gasteiger partial charge >= 0.3 is 0 Å². The highest BCUT2D eigenvalue weighted by Gasteiger charge is 2.12. The molecule has 0 aliphatic carbocycles. The molecule has 0 atom stereocenters. The average Bonchev–Trinajstić information content (AvgIpc) is 2.63. The highest BCUT2D eigenvalue weighted by Crippen LogP contribution is 2.12.